The highest BCUT2D eigenvalue weighted by Gasteiger charge is 2.16. The summed E-state index contributed by atoms with van der Waals surface area (Å²) in [7, 11) is 0. The Balaban J connectivity index is 1.90. The number of aliphatic carboxylic acids is 1. The van der Waals surface area contributed by atoms with Gasteiger partial charge in [-0.05, 0) is 65.9 Å². The van der Waals surface area contributed by atoms with Gasteiger partial charge in [-0.2, -0.15) is 0 Å². The highest BCUT2D eigenvalue weighted by atomic mass is 19.1. The number of hydrogen-bond donors (Lipinski definition) is 2. The molecule has 0 unspecified atom stereocenters. The Morgan fingerprint density at radius 2 is 1.71 bits per heavy atom. The largest absolute Gasteiger partial charge is 0.479 e. The minimum atomic E-state index is -1.29. The second-order valence-electron chi connectivity index (χ2n) is 6.81. The molecule has 8 heteroatoms. The SMILES string of the molecule is NC(=O)c1cc(CCc2c(F)ccc(OCC(=O)O)c2F)cc(-c2cccc(F)c2)c1. The van der Waals surface area contributed by atoms with Crippen molar-refractivity contribution in [1.82, 2.24) is 0 Å². The molecule has 0 aliphatic rings. The van der Waals surface area contributed by atoms with E-state index in [-0.39, 0.29) is 29.7 Å². The van der Waals surface area contributed by atoms with Crippen molar-refractivity contribution in [3.8, 4) is 16.9 Å². The van der Waals surface area contributed by atoms with E-state index in [4.69, 9.17) is 15.6 Å². The summed E-state index contributed by atoms with van der Waals surface area (Å²) in [5, 5.41) is 8.67. The van der Waals surface area contributed by atoms with Gasteiger partial charge in [-0.1, -0.05) is 18.2 Å². The zero-order valence-corrected chi connectivity index (χ0v) is 16.2. The minimum Gasteiger partial charge on any atom is -0.479 e. The Morgan fingerprint density at radius 1 is 0.935 bits per heavy atom. The molecule has 0 aliphatic heterocycles. The molecule has 31 heavy (non-hydrogen) atoms. The van der Waals surface area contributed by atoms with Crippen molar-refractivity contribution in [2.24, 2.45) is 5.73 Å². The molecule has 0 heterocycles. The van der Waals surface area contributed by atoms with Gasteiger partial charge >= 0.3 is 5.97 Å². The van der Waals surface area contributed by atoms with Crippen LogP contribution in [0, 0.1) is 17.5 Å². The maximum absolute atomic E-state index is 14.6. The first-order valence-electron chi connectivity index (χ1n) is 9.26. The highest BCUT2D eigenvalue weighted by molar-refractivity contribution is 5.94. The van der Waals surface area contributed by atoms with Crippen molar-refractivity contribution in [1.29, 1.82) is 0 Å². The summed E-state index contributed by atoms with van der Waals surface area (Å²) >= 11 is 0. The van der Waals surface area contributed by atoms with E-state index in [2.05, 4.69) is 0 Å². The van der Waals surface area contributed by atoms with Gasteiger partial charge in [0.25, 0.3) is 0 Å². The van der Waals surface area contributed by atoms with Crippen molar-refractivity contribution in [3.63, 3.8) is 0 Å². The number of benzene rings is 3. The molecular formula is C23H18F3NO4. The maximum atomic E-state index is 14.6. The lowest BCUT2D eigenvalue weighted by molar-refractivity contribution is -0.139. The molecule has 0 atom stereocenters. The van der Waals surface area contributed by atoms with Gasteiger partial charge in [0, 0.05) is 11.1 Å². The van der Waals surface area contributed by atoms with E-state index in [9.17, 15) is 22.8 Å². The Morgan fingerprint density at radius 3 is 2.39 bits per heavy atom. The standard InChI is InChI=1S/C23H18F3NO4/c24-17-3-1-2-14(11-17)15-8-13(9-16(10-15)23(27)30)4-5-18-19(25)6-7-20(22(18)26)31-12-21(28)29/h1-3,6-11H,4-5,12H2,(H2,27,30)(H,28,29). The van der Waals surface area contributed by atoms with Gasteiger partial charge in [-0.25, -0.2) is 18.0 Å². The number of amides is 1. The van der Waals surface area contributed by atoms with Crippen LogP contribution in [0.1, 0.15) is 21.5 Å². The summed E-state index contributed by atoms with van der Waals surface area (Å²) in [6, 6.07) is 12.5. The summed E-state index contributed by atoms with van der Waals surface area (Å²) in [4.78, 5) is 22.3. The zero-order valence-electron chi connectivity index (χ0n) is 16.2. The molecular weight excluding hydrogens is 411 g/mol. The van der Waals surface area contributed by atoms with E-state index in [0.717, 1.165) is 12.1 Å². The van der Waals surface area contributed by atoms with E-state index in [0.29, 0.717) is 16.7 Å². The molecule has 0 radical (unpaired) electrons. The minimum absolute atomic E-state index is 0.0905. The topological polar surface area (TPSA) is 89.6 Å². The van der Waals surface area contributed by atoms with Crippen LogP contribution in [0.5, 0.6) is 5.75 Å². The third-order valence-corrected chi connectivity index (χ3v) is 4.60. The fourth-order valence-corrected chi connectivity index (χ4v) is 3.14. The molecule has 0 aromatic heterocycles. The van der Waals surface area contributed by atoms with Crippen LogP contribution in [0.25, 0.3) is 11.1 Å². The van der Waals surface area contributed by atoms with Crippen LogP contribution in [-0.2, 0) is 17.6 Å². The normalized spacial score (nSPS) is 10.7. The number of carboxylic acids is 1. The number of ether oxygens (including phenoxy) is 1. The average molecular weight is 429 g/mol. The molecule has 0 spiro atoms. The van der Waals surface area contributed by atoms with Crippen LogP contribution >= 0.6 is 0 Å². The lowest BCUT2D eigenvalue weighted by Crippen LogP contribution is -2.12. The zero-order chi connectivity index (χ0) is 22.5. The molecule has 0 fully saturated rings. The summed E-state index contributed by atoms with van der Waals surface area (Å²) in [5.41, 5.74) is 6.91. The highest BCUT2D eigenvalue weighted by Crippen LogP contribution is 2.27. The van der Waals surface area contributed by atoms with Crippen LogP contribution in [0.2, 0.25) is 0 Å². The average Bonchev–Trinajstić information content (AvgIpc) is 2.72. The van der Waals surface area contributed by atoms with Crippen LogP contribution in [0.4, 0.5) is 13.2 Å². The fourth-order valence-electron chi connectivity index (χ4n) is 3.14. The second kappa shape index (κ2) is 9.34. The lowest BCUT2D eigenvalue weighted by atomic mass is 9.96. The van der Waals surface area contributed by atoms with Crippen LogP contribution < -0.4 is 10.5 Å². The quantitative estimate of drug-likeness (QED) is 0.564. The van der Waals surface area contributed by atoms with Crippen molar-refractivity contribution < 1.29 is 32.6 Å². The number of nitrogens with two attached hydrogens (primary N) is 1. The molecule has 3 rings (SSSR count). The first-order chi connectivity index (χ1) is 14.7. The van der Waals surface area contributed by atoms with Crippen molar-refractivity contribution >= 4 is 11.9 Å². The number of carboxylic acid groups (broad SMARTS) is 1. The molecule has 0 bridgehead atoms. The number of hydrogen-bond acceptors (Lipinski definition) is 3. The Kier molecular flexibility index (Phi) is 6.59. The second-order valence-corrected chi connectivity index (χ2v) is 6.81. The van der Waals surface area contributed by atoms with Gasteiger partial charge in [-0.15, -0.1) is 0 Å². The van der Waals surface area contributed by atoms with Gasteiger partial charge in [-0.3, -0.25) is 4.79 Å². The third kappa shape index (κ3) is 5.42. The van der Waals surface area contributed by atoms with E-state index in [1.807, 2.05) is 0 Å². The number of aryl methyl sites for hydroxylation is 1. The smallest absolute Gasteiger partial charge is 0.341 e. The molecule has 3 N–H and O–H groups in total. The number of carbonyl (C=O) groups excluding carboxylic acids is 1. The Hall–Kier alpha value is -3.81. The van der Waals surface area contributed by atoms with Gasteiger partial charge in [0.1, 0.15) is 11.6 Å². The van der Waals surface area contributed by atoms with Gasteiger partial charge in [0.15, 0.2) is 18.2 Å². The molecule has 3 aromatic carbocycles. The van der Waals surface area contributed by atoms with Gasteiger partial charge in [0.05, 0.1) is 0 Å². The number of carbonyl (C=O) groups is 2. The van der Waals surface area contributed by atoms with Crippen molar-refractivity contribution in [3.05, 3.63) is 88.7 Å². The number of primary amides is 1. The van der Waals surface area contributed by atoms with E-state index in [1.54, 1.807) is 12.1 Å². The fraction of sp³-hybridized carbons (Fsp3) is 0.130. The lowest BCUT2D eigenvalue weighted by Gasteiger charge is -2.12. The number of halogens is 3. The molecule has 0 saturated heterocycles. The van der Waals surface area contributed by atoms with Crippen LogP contribution in [-0.4, -0.2) is 23.6 Å². The molecule has 3 aromatic rings. The summed E-state index contributed by atoms with van der Waals surface area (Å²) < 4.78 is 47.3. The Bertz CT molecular complexity index is 1150. The van der Waals surface area contributed by atoms with Gasteiger partial charge in [0.2, 0.25) is 5.91 Å². The Labute approximate surface area is 175 Å². The number of rotatable bonds is 8. The summed E-state index contributed by atoms with van der Waals surface area (Å²) in [6.07, 6.45) is 0.0480. The van der Waals surface area contributed by atoms with Gasteiger partial charge < -0.3 is 15.6 Å². The first-order valence-corrected chi connectivity index (χ1v) is 9.26. The first kappa shape index (κ1) is 21.9. The van der Waals surface area contributed by atoms with Crippen molar-refractivity contribution in [2.45, 2.75) is 12.8 Å². The van der Waals surface area contributed by atoms with E-state index in [1.165, 1.54) is 30.3 Å². The van der Waals surface area contributed by atoms with E-state index >= 15 is 0 Å². The molecule has 0 saturated carbocycles. The maximum Gasteiger partial charge on any atom is 0.341 e. The molecule has 160 valence electrons. The summed E-state index contributed by atoms with van der Waals surface area (Å²) in [6.45, 7) is -0.764. The van der Waals surface area contributed by atoms with Crippen LogP contribution in [0.3, 0.4) is 0 Å². The molecule has 0 aliphatic carbocycles. The van der Waals surface area contributed by atoms with Crippen molar-refractivity contribution in [2.75, 3.05) is 6.61 Å². The predicted molar refractivity (Wildman–Crippen MR) is 107 cm³/mol. The molecule has 5 nitrogen and oxygen atoms in total. The monoisotopic (exact) mass is 429 g/mol. The summed E-state index contributed by atoms with van der Waals surface area (Å²) in [5.74, 6) is -4.61. The van der Waals surface area contributed by atoms with Crippen LogP contribution in [0.15, 0.2) is 54.6 Å². The predicted octanol–water partition coefficient (Wildman–Crippen LogP) is 4.12. The third-order valence-electron chi connectivity index (χ3n) is 4.60. The molecule has 1 amide bonds. The van der Waals surface area contributed by atoms with E-state index < -0.39 is 35.9 Å².